The Morgan fingerprint density at radius 2 is 2.11 bits per heavy atom. The van der Waals surface area contributed by atoms with Crippen LogP contribution in [0.5, 0.6) is 5.75 Å². The summed E-state index contributed by atoms with van der Waals surface area (Å²) in [6.45, 7) is 1.83. The molecular weight excluding hydrogens is 234 g/mol. The summed E-state index contributed by atoms with van der Waals surface area (Å²) in [7, 11) is 1.66. The molecule has 0 saturated carbocycles. The topological polar surface area (TPSA) is 75.3 Å². The van der Waals surface area contributed by atoms with Crippen molar-refractivity contribution in [2.24, 2.45) is 0 Å². The molecule has 0 spiro atoms. The maximum Gasteiger partial charge on any atom is 0.272 e. The van der Waals surface area contributed by atoms with Crippen LogP contribution in [-0.2, 0) is 4.79 Å². The summed E-state index contributed by atoms with van der Waals surface area (Å²) in [6.07, 6.45) is 0. The number of hydrogen-bond acceptors (Lipinski definition) is 4. The van der Waals surface area contributed by atoms with Crippen LogP contribution in [0.3, 0.4) is 0 Å². The van der Waals surface area contributed by atoms with Gasteiger partial charge in [0.25, 0.3) is 11.5 Å². The van der Waals surface area contributed by atoms with Gasteiger partial charge in [0, 0.05) is 12.4 Å². The van der Waals surface area contributed by atoms with Crippen molar-refractivity contribution in [1.82, 2.24) is 10.2 Å². The SMILES string of the molecule is Cc1n[nH]c(=O)c2cc3c(cc12)OCC(=O)N3C. The minimum atomic E-state index is -0.273. The fourth-order valence-corrected chi connectivity index (χ4v) is 2.06. The summed E-state index contributed by atoms with van der Waals surface area (Å²) in [6, 6.07) is 3.42. The molecule has 1 aliphatic heterocycles. The molecule has 92 valence electrons. The number of benzene rings is 1. The number of H-pyrrole nitrogens is 1. The second kappa shape index (κ2) is 3.56. The lowest BCUT2D eigenvalue weighted by Gasteiger charge is -2.26. The summed E-state index contributed by atoms with van der Waals surface area (Å²) in [5, 5.41) is 7.58. The highest BCUT2D eigenvalue weighted by molar-refractivity contribution is 6.01. The van der Waals surface area contributed by atoms with Gasteiger partial charge in [0.1, 0.15) is 5.75 Å². The van der Waals surface area contributed by atoms with Crippen LogP contribution in [-0.4, -0.2) is 29.8 Å². The fourth-order valence-electron chi connectivity index (χ4n) is 2.06. The molecule has 18 heavy (non-hydrogen) atoms. The van der Waals surface area contributed by atoms with Crippen molar-refractivity contribution in [3.63, 3.8) is 0 Å². The summed E-state index contributed by atoms with van der Waals surface area (Å²) in [5.41, 5.74) is 1.05. The number of likely N-dealkylation sites (N-methyl/N-ethyl adjacent to an activating group) is 1. The van der Waals surface area contributed by atoms with Crippen molar-refractivity contribution in [2.45, 2.75) is 6.92 Å². The van der Waals surface area contributed by atoms with Crippen LogP contribution in [0, 0.1) is 6.92 Å². The number of nitrogens with one attached hydrogen (secondary N) is 1. The van der Waals surface area contributed by atoms with Gasteiger partial charge in [-0.25, -0.2) is 5.10 Å². The molecule has 2 aromatic rings. The molecule has 0 aliphatic carbocycles. The molecule has 0 atom stereocenters. The summed E-state index contributed by atoms with van der Waals surface area (Å²) in [4.78, 5) is 24.8. The normalized spacial score (nSPS) is 14.6. The van der Waals surface area contributed by atoms with Crippen molar-refractivity contribution < 1.29 is 9.53 Å². The average Bonchev–Trinajstić information content (AvgIpc) is 2.37. The number of anilines is 1. The lowest BCUT2D eigenvalue weighted by atomic mass is 10.1. The van der Waals surface area contributed by atoms with E-state index >= 15 is 0 Å². The number of amides is 1. The van der Waals surface area contributed by atoms with Gasteiger partial charge in [-0.2, -0.15) is 5.10 Å². The van der Waals surface area contributed by atoms with Gasteiger partial charge in [-0.15, -0.1) is 0 Å². The second-order valence-corrected chi connectivity index (χ2v) is 4.25. The van der Waals surface area contributed by atoms with Crippen LogP contribution in [0.2, 0.25) is 0 Å². The van der Waals surface area contributed by atoms with Crippen LogP contribution in [0.15, 0.2) is 16.9 Å². The van der Waals surface area contributed by atoms with E-state index in [4.69, 9.17) is 4.74 Å². The molecule has 0 saturated heterocycles. The van der Waals surface area contributed by atoms with Crippen molar-refractivity contribution in [3.05, 3.63) is 28.2 Å². The zero-order valence-electron chi connectivity index (χ0n) is 9.98. The first-order chi connectivity index (χ1) is 8.58. The van der Waals surface area contributed by atoms with Gasteiger partial charge in [0.2, 0.25) is 0 Å². The first-order valence-electron chi connectivity index (χ1n) is 5.50. The molecule has 1 aliphatic rings. The lowest BCUT2D eigenvalue weighted by Crippen LogP contribution is -2.35. The number of hydrogen-bond donors (Lipinski definition) is 1. The zero-order chi connectivity index (χ0) is 12.9. The van der Waals surface area contributed by atoms with Gasteiger partial charge in [0.15, 0.2) is 6.61 Å². The highest BCUT2D eigenvalue weighted by atomic mass is 16.5. The van der Waals surface area contributed by atoms with E-state index in [-0.39, 0.29) is 18.1 Å². The molecule has 1 amide bonds. The monoisotopic (exact) mass is 245 g/mol. The molecule has 1 aromatic carbocycles. The van der Waals surface area contributed by atoms with Crippen LogP contribution in [0.4, 0.5) is 5.69 Å². The van der Waals surface area contributed by atoms with E-state index in [0.29, 0.717) is 16.8 Å². The Labute approximate surface area is 102 Å². The zero-order valence-corrected chi connectivity index (χ0v) is 9.98. The lowest BCUT2D eigenvalue weighted by molar-refractivity contribution is -0.120. The Bertz CT molecular complexity index is 720. The predicted molar refractivity (Wildman–Crippen MR) is 66.0 cm³/mol. The Balaban J connectivity index is 2.38. The Hall–Kier alpha value is -2.37. The van der Waals surface area contributed by atoms with Gasteiger partial charge in [0.05, 0.1) is 16.8 Å². The van der Waals surface area contributed by atoms with Crippen LogP contribution in [0.25, 0.3) is 10.8 Å². The molecule has 0 fully saturated rings. The molecular formula is C12H11N3O3. The maximum atomic E-state index is 11.7. The van der Waals surface area contributed by atoms with Crippen molar-refractivity contribution >= 4 is 22.4 Å². The van der Waals surface area contributed by atoms with Crippen LogP contribution in [0.1, 0.15) is 5.69 Å². The average molecular weight is 245 g/mol. The van der Waals surface area contributed by atoms with Gasteiger partial charge >= 0.3 is 0 Å². The third-order valence-electron chi connectivity index (χ3n) is 3.15. The van der Waals surface area contributed by atoms with Gasteiger partial charge in [-0.1, -0.05) is 0 Å². The summed E-state index contributed by atoms with van der Waals surface area (Å²) in [5.74, 6) is 0.462. The van der Waals surface area contributed by atoms with E-state index in [1.165, 1.54) is 4.90 Å². The number of carbonyl (C=O) groups excluding carboxylic acids is 1. The molecule has 1 N–H and O–H groups in total. The molecule has 2 heterocycles. The standard InChI is InChI=1S/C12H11N3O3/c1-6-7-4-10-9(15(2)11(16)5-18-10)3-8(7)12(17)14-13-6/h3-4H,5H2,1-2H3,(H,14,17). The Morgan fingerprint density at radius 1 is 1.33 bits per heavy atom. The number of ether oxygens (including phenoxy) is 1. The fraction of sp³-hybridized carbons (Fsp3) is 0.250. The van der Waals surface area contributed by atoms with Crippen LogP contribution >= 0.6 is 0 Å². The minimum absolute atomic E-state index is 0.0185. The van der Waals surface area contributed by atoms with E-state index in [1.54, 1.807) is 19.2 Å². The molecule has 6 nitrogen and oxygen atoms in total. The number of carbonyl (C=O) groups is 1. The van der Waals surface area contributed by atoms with Gasteiger partial charge in [-0.05, 0) is 19.1 Å². The number of aryl methyl sites for hydroxylation is 1. The highest BCUT2D eigenvalue weighted by Gasteiger charge is 2.23. The summed E-state index contributed by atoms with van der Waals surface area (Å²) < 4.78 is 5.38. The predicted octanol–water partition coefficient (Wildman–Crippen LogP) is 0.587. The highest BCUT2D eigenvalue weighted by Crippen LogP contribution is 2.34. The van der Waals surface area contributed by atoms with E-state index in [0.717, 1.165) is 11.1 Å². The third-order valence-corrected chi connectivity index (χ3v) is 3.15. The van der Waals surface area contributed by atoms with E-state index in [1.807, 2.05) is 6.92 Å². The number of nitrogens with zero attached hydrogens (tertiary/aromatic N) is 2. The first-order valence-corrected chi connectivity index (χ1v) is 5.50. The molecule has 0 unspecified atom stereocenters. The van der Waals surface area contributed by atoms with Crippen LogP contribution < -0.4 is 15.2 Å². The van der Waals surface area contributed by atoms with E-state index in [2.05, 4.69) is 10.2 Å². The van der Waals surface area contributed by atoms with E-state index in [9.17, 15) is 9.59 Å². The number of aromatic nitrogens is 2. The molecule has 6 heteroatoms. The number of rotatable bonds is 0. The quantitative estimate of drug-likeness (QED) is 0.737. The van der Waals surface area contributed by atoms with Crippen molar-refractivity contribution in [3.8, 4) is 5.75 Å². The third kappa shape index (κ3) is 1.38. The molecule has 0 bridgehead atoms. The molecule has 3 rings (SSSR count). The largest absolute Gasteiger partial charge is 0.482 e. The first kappa shape index (κ1) is 10.8. The Morgan fingerprint density at radius 3 is 2.89 bits per heavy atom. The van der Waals surface area contributed by atoms with Crippen molar-refractivity contribution in [1.29, 1.82) is 0 Å². The number of fused-ring (bicyclic) bond motifs is 2. The minimum Gasteiger partial charge on any atom is -0.482 e. The molecule has 1 aromatic heterocycles. The maximum absolute atomic E-state index is 11.7. The Kier molecular flexibility index (Phi) is 2.13. The summed E-state index contributed by atoms with van der Waals surface area (Å²) >= 11 is 0. The van der Waals surface area contributed by atoms with E-state index < -0.39 is 0 Å². The van der Waals surface area contributed by atoms with Crippen molar-refractivity contribution in [2.75, 3.05) is 18.6 Å². The molecule has 0 radical (unpaired) electrons. The second-order valence-electron chi connectivity index (χ2n) is 4.25. The van der Waals surface area contributed by atoms with Gasteiger partial charge < -0.3 is 9.64 Å². The number of aromatic amines is 1. The van der Waals surface area contributed by atoms with Gasteiger partial charge in [-0.3, -0.25) is 9.59 Å². The smallest absolute Gasteiger partial charge is 0.272 e.